The van der Waals surface area contributed by atoms with E-state index in [9.17, 15) is 9.36 Å². The number of rotatable bonds is 11. The zero-order valence-electron chi connectivity index (χ0n) is 15.8. The fourth-order valence-corrected chi connectivity index (χ4v) is 4.94. The molecule has 3 unspecified atom stereocenters. The minimum atomic E-state index is -1.12. The van der Waals surface area contributed by atoms with Gasteiger partial charge in [-0.05, 0) is 38.0 Å². The Morgan fingerprint density at radius 3 is 2.41 bits per heavy atom. The summed E-state index contributed by atoms with van der Waals surface area (Å²) in [5, 5.41) is 0. The lowest BCUT2D eigenvalue weighted by molar-refractivity contribution is -0.147. The lowest BCUT2D eigenvalue weighted by Gasteiger charge is -2.22. The van der Waals surface area contributed by atoms with Crippen molar-refractivity contribution in [1.82, 2.24) is 0 Å². The van der Waals surface area contributed by atoms with Gasteiger partial charge in [-0.15, -0.1) is 11.8 Å². The number of thioether (sulfide) groups is 1. The first kappa shape index (κ1) is 21.6. The molecule has 0 heterocycles. The second-order valence-electron chi connectivity index (χ2n) is 6.04. The fraction of sp³-hybridized carbons (Fsp3) is 0.381. The minimum Gasteiger partial charge on any atom is -0.493 e. The van der Waals surface area contributed by atoms with E-state index >= 15 is 0 Å². The highest BCUT2D eigenvalue weighted by molar-refractivity contribution is 7.99. The third-order valence-electron chi connectivity index (χ3n) is 4.16. The van der Waals surface area contributed by atoms with Crippen molar-refractivity contribution in [2.24, 2.45) is 5.92 Å². The molecule has 6 heteroatoms. The molecule has 3 atom stereocenters. The summed E-state index contributed by atoms with van der Waals surface area (Å²) in [5.74, 6) is 0.722. The van der Waals surface area contributed by atoms with Crippen LogP contribution in [0.4, 0.5) is 0 Å². The molecule has 0 aliphatic rings. The molecule has 0 fully saturated rings. The Labute approximate surface area is 166 Å². The maximum Gasteiger partial charge on any atom is 0.310 e. The summed E-state index contributed by atoms with van der Waals surface area (Å²) in [5.41, 5.74) is 0.817. The van der Waals surface area contributed by atoms with Crippen molar-refractivity contribution < 1.29 is 18.8 Å². The van der Waals surface area contributed by atoms with Gasteiger partial charge < -0.3 is 14.0 Å². The first-order valence-electron chi connectivity index (χ1n) is 9.20. The Morgan fingerprint density at radius 2 is 1.74 bits per heavy atom. The number of hydrogen-bond acceptors (Lipinski definition) is 5. The largest absolute Gasteiger partial charge is 0.493 e. The lowest BCUT2D eigenvalue weighted by Crippen LogP contribution is -2.30. The SMILES string of the molecule is CCOC(=O)C(Cc1ccccc1)C(CSc1ccccc1OCC)[PH2]=O. The minimum absolute atomic E-state index is 0.232. The smallest absolute Gasteiger partial charge is 0.310 e. The van der Waals surface area contributed by atoms with E-state index < -0.39 is 14.4 Å². The number of benzene rings is 2. The quantitative estimate of drug-likeness (QED) is 0.307. The van der Waals surface area contributed by atoms with Gasteiger partial charge in [-0.25, -0.2) is 0 Å². The fourth-order valence-electron chi connectivity index (χ4n) is 2.81. The van der Waals surface area contributed by atoms with Crippen molar-refractivity contribution in [3.63, 3.8) is 0 Å². The summed E-state index contributed by atoms with van der Waals surface area (Å²) < 4.78 is 23.0. The maximum atomic E-state index is 12.5. The van der Waals surface area contributed by atoms with Crippen molar-refractivity contribution in [2.45, 2.75) is 30.8 Å². The van der Waals surface area contributed by atoms with Crippen LogP contribution in [0.5, 0.6) is 5.75 Å². The van der Waals surface area contributed by atoms with Crippen LogP contribution in [0, 0.1) is 5.92 Å². The van der Waals surface area contributed by atoms with E-state index in [0.29, 0.717) is 25.4 Å². The number of carbonyl (C=O) groups excluding carboxylic acids is 1. The van der Waals surface area contributed by atoms with Crippen LogP contribution in [0.1, 0.15) is 19.4 Å². The Kier molecular flexibility index (Phi) is 9.51. The first-order valence-corrected chi connectivity index (χ1v) is 11.3. The normalized spacial score (nSPS) is 13.4. The predicted octanol–water partition coefficient (Wildman–Crippen LogP) is 4.72. The molecule has 0 aromatic heterocycles. The molecule has 146 valence electrons. The molecular weight excluding hydrogens is 379 g/mol. The highest BCUT2D eigenvalue weighted by atomic mass is 32.2. The lowest BCUT2D eigenvalue weighted by atomic mass is 9.96. The molecule has 0 radical (unpaired) electrons. The summed E-state index contributed by atoms with van der Waals surface area (Å²) in [6.07, 6.45) is 0.535. The molecule has 0 spiro atoms. The average molecular weight is 406 g/mol. The van der Waals surface area contributed by atoms with E-state index in [1.54, 1.807) is 18.7 Å². The molecule has 27 heavy (non-hydrogen) atoms. The molecular formula is C21H27O4PS. The van der Waals surface area contributed by atoms with Gasteiger partial charge in [-0.2, -0.15) is 0 Å². The number of ether oxygens (including phenoxy) is 2. The van der Waals surface area contributed by atoms with Gasteiger partial charge in [0.05, 0.1) is 27.6 Å². The van der Waals surface area contributed by atoms with Crippen LogP contribution in [0.2, 0.25) is 0 Å². The van der Waals surface area contributed by atoms with Crippen molar-refractivity contribution in [1.29, 1.82) is 0 Å². The van der Waals surface area contributed by atoms with E-state index in [1.807, 2.05) is 61.5 Å². The zero-order valence-corrected chi connectivity index (χ0v) is 17.8. The van der Waals surface area contributed by atoms with E-state index in [1.165, 1.54) is 0 Å². The van der Waals surface area contributed by atoms with Crippen LogP contribution in [0.15, 0.2) is 59.5 Å². The molecule has 0 amide bonds. The van der Waals surface area contributed by atoms with Gasteiger partial charge in [-0.1, -0.05) is 42.5 Å². The van der Waals surface area contributed by atoms with Gasteiger partial charge in [0, 0.05) is 16.3 Å². The van der Waals surface area contributed by atoms with Crippen LogP contribution < -0.4 is 4.74 Å². The van der Waals surface area contributed by atoms with Crippen LogP contribution in [-0.4, -0.2) is 30.6 Å². The summed E-state index contributed by atoms with van der Waals surface area (Å²) in [4.78, 5) is 13.5. The van der Waals surface area contributed by atoms with E-state index in [-0.39, 0.29) is 11.6 Å². The highest BCUT2D eigenvalue weighted by Gasteiger charge is 2.29. The Morgan fingerprint density at radius 1 is 1.04 bits per heavy atom. The molecule has 0 N–H and O–H groups in total. The summed E-state index contributed by atoms with van der Waals surface area (Å²) >= 11 is 1.58. The van der Waals surface area contributed by atoms with Crippen LogP contribution in [0.25, 0.3) is 0 Å². The molecule has 2 aromatic rings. The van der Waals surface area contributed by atoms with Crippen molar-refractivity contribution in [3.05, 3.63) is 60.2 Å². The van der Waals surface area contributed by atoms with E-state index in [2.05, 4.69) is 0 Å². The molecule has 0 bridgehead atoms. The average Bonchev–Trinajstić information content (AvgIpc) is 2.70. The summed E-state index contributed by atoms with van der Waals surface area (Å²) in [6, 6.07) is 17.6. The Hall–Kier alpha value is -1.71. The number of hydrogen-bond donors (Lipinski definition) is 0. The van der Waals surface area contributed by atoms with Gasteiger partial charge in [0.2, 0.25) is 0 Å². The van der Waals surface area contributed by atoms with Gasteiger partial charge in [0.15, 0.2) is 0 Å². The van der Waals surface area contributed by atoms with Crippen LogP contribution >= 0.6 is 20.2 Å². The van der Waals surface area contributed by atoms with Crippen molar-refractivity contribution in [2.75, 3.05) is 19.0 Å². The molecule has 4 nitrogen and oxygen atoms in total. The number of para-hydroxylation sites is 1. The molecule has 0 saturated carbocycles. The Bertz CT molecular complexity index is 723. The molecule has 2 rings (SSSR count). The third kappa shape index (κ3) is 6.75. The van der Waals surface area contributed by atoms with Gasteiger partial charge in [-0.3, -0.25) is 4.79 Å². The highest BCUT2D eigenvalue weighted by Crippen LogP contribution is 2.34. The summed E-state index contributed by atoms with van der Waals surface area (Å²) in [6.45, 7) is 4.66. The van der Waals surface area contributed by atoms with Crippen LogP contribution in [-0.2, 0) is 20.5 Å². The van der Waals surface area contributed by atoms with Crippen molar-refractivity contribution in [3.8, 4) is 5.75 Å². The van der Waals surface area contributed by atoms with E-state index in [0.717, 1.165) is 16.2 Å². The van der Waals surface area contributed by atoms with E-state index in [4.69, 9.17) is 9.47 Å². The third-order valence-corrected chi connectivity index (χ3v) is 6.75. The summed E-state index contributed by atoms with van der Waals surface area (Å²) in [7, 11) is -1.12. The molecule has 2 aromatic carbocycles. The second kappa shape index (κ2) is 11.9. The standard InChI is InChI=1S/C21H27O4PS/c1-3-24-18-12-8-9-13-20(18)27-15-19(26-23)17(21(22)25-4-2)14-16-10-6-5-7-11-16/h5-13,17,19H,3-4,14-15,26H2,1-2H3. The first-order chi connectivity index (χ1) is 13.2. The molecule has 0 saturated heterocycles. The van der Waals surface area contributed by atoms with Gasteiger partial charge in [0.1, 0.15) is 5.75 Å². The number of esters is 1. The Balaban J connectivity index is 2.14. The second-order valence-corrected chi connectivity index (χ2v) is 8.23. The topological polar surface area (TPSA) is 52.6 Å². The zero-order chi connectivity index (χ0) is 19.5. The maximum absolute atomic E-state index is 12.5. The molecule has 0 aliphatic carbocycles. The molecule has 0 aliphatic heterocycles. The monoisotopic (exact) mass is 406 g/mol. The van der Waals surface area contributed by atoms with Crippen LogP contribution in [0.3, 0.4) is 0 Å². The number of carbonyl (C=O) groups is 1. The predicted molar refractivity (Wildman–Crippen MR) is 113 cm³/mol. The van der Waals surface area contributed by atoms with Gasteiger partial charge in [0.25, 0.3) is 0 Å². The van der Waals surface area contributed by atoms with Gasteiger partial charge >= 0.3 is 5.97 Å². The van der Waals surface area contributed by atoms with Crippen molar-refractivity contribution >= 4 is 26.2 Å².